The van der Waals surface area contributed by atoms with Gasteiger partial charge >= 0.3 is 0 Å². The van der Waals surface area contributed by atoms with Gasteiger partial charge in [-0.05, 0) is 48.6 Å². The number of hydrogen-bond acceptors (Lipinski definition) is 4. The van der Waals surface area contributed by atoms with Crippen LogP contribution < -0.4 is 9.44 Å². The molecule has 0 aliphatic carbocycles. The summed E-state index contributed by atoms with van der Waals surface area (Å²) in [6.45, 7) is 5.53. The van der Waals surface area contributed by atoms with Gasteiger partial charge in [-0.3, -0.25) is 9.44 Å². The lowest BCUT2D eigenvalue weighted by Crippen LogP contribution is -2.18. The van der Waals surface area contributed by atoms with Crippen LogP contribution in [-0.4, -0.2) is 22.6 Å². The number of aryl methyl sites for hydroxylation is 2. The Morgan fingerprint density at radius 3 is 2.00 bits per heavy atom. The second-order valence-corrected chi connectivity index (χ2v) is 9.85. The van der Waals surface area contributed by atoms with Gasteiger partial charge in [-0.2, -0.15) is 0 Å². The van der Waals surface area contributed by atoms with Gasteiger partial charge in [-0.1, -0.05) is 39.0 Å². The minimum absolute atomic E-state index is 0.151. The molecule has 0 unspecified atom stereocenters. The maximum atomic E-state index is 14.4. The molecule has 6 nitrogen and oxygen atoms in total. The van der Waals surface area contributed by atoms with Crippen molar-refractivity contribution in [2.75, 3.05) is 15.2 Å². The molecule has 0 radical (unpaired) electrons. The zero-order valence-corrected chi connectivity index (χ0v) is 17.8. The van der Waals surface area contributed by atoms with Crippen molar-refractivity contribution in [1.29, 1.82) is 0 Å². The number of para-hydroxylation sites is 1. The van der Waals surface area contributed by atoms with Crippen LogP contribution in [0, 0.1) is 5.82 Å². The third kappa shape index (κ3) is 5.23. The van der Waals surface area contributed by atoms with Crippen LogP contribution in [-0.2, 0) is 32.9 Å². The minimum Gasteiger partial charge on any atom is -0.281 e. The normalized spacial score (nSPS) is 12.0. The van der Waals surface area contributed by atoms with E-state index in [-0.39, 0.29) is 16.3 Å². The fraction of sp³-hybridized carbons (Fsp3) is 0.368. The molecule has 0 heterocycles. The summed E-state index contributed by atoms with van der Waals surface area (Å²) >= 11 is 0. The number of anilines is 2. The molecule has 0 fully saturated rings. The monoisotopic (exact) mass is 428 g/mol. The molecular weight excluding hydrogens is 403 g/mol. The molecule has 9 heteroatoms. The molecule has 0 aliphatic heterocycles. The fourth-order valence-electron chi connectivity index (χ4n) is 2.80. The van der Waals surface area contributed by atoms with E-state index in [0.29, 0.717) is 24.9 Å². The van der Waals surface area contributed by atoms with E-state index >= 15 is 0 Å². The fourth-order valence-corrected chi connectivity index (χ4v) is 5.09. The van der Waals surface area contributed by atoms with Crippen LogP contribution >= 0.6 is 0 Å². The number of rotatable bonds is 9. The Labute approximate surface area is 166 Å². The average molecular weight is 429 g/mol. The summed E-state index contributed by atoms with van der Waals surface area (Å²) in [6.07, 6.45) is 1.65. The van der Waals surface area contributed by atoms with Gasteiger partial charge in [0.25, 0.3) is 10.0 Å². The molecular formula is C19H25FN2O4S2. The molecule has 28 heavy (non-hydrogen) atoms. The van der Waals surface area contributed by atoms with E-state index in [1.165, 1.54) is 6.07 Å². The van der Waals surface area contributed by atoms with Crippen LogP contribution in [0.1, 0.15) is 38.3 Å². The Kier molecular flexibility index (Phi) is 7.06. The van der Waals surface area contributed by atoms with Crippen molar-refractivity contribution in [2.24, 2.45) is 0 Å². The summed E-state index contributed by atoms with van der Waals surface area (Å²) in [7, 11) is -7.72. The summed E-state index contributed by atoms with van der Waals surface area (Å²) in [4.78, 5) is -0.281. The van der Waals surface area contributed by atoms with Gasteiger partial charge in [-0.25, -0.2) is 21.2 Å². The van der Waals surface area contributed by atoms with Crippen LogP contribution in [0.3, 0.4) is 0 Å². The first-order chi connectivity index (χ1) is 13.1. The van der Waals surface area contributed by atoms with Crippen LogP contribution in [0.5, 0.6) is 0 Å². The topological polar surface area (TPSA) is 92.3 Å². The summed E-state index contributed by atoms with van der Waals surface area (Å²) in [5.41, 5.74) is 1.90. The summed E-state index contributed by atoms with van der Waals surface area (Å²) in [5, 5.41) is 0. The molecule has 0 aromatic heterocycles. The number of hydrogen-bond donors (Lipinski definition) is 2. The molecule has 0 amide bonds. The van der Waals surface area contributed by atoms with Crippen molar-refractivity contribution in [3.8, 4) is 0 Å². The van der Waals surface area contributed by atoms with Gasteiger partial charge in [0.2, 0.25) is 10.0 Å². The van der Waals surface area contributed by atoms with E-state index in [4.69, 9.17) is 0 Å². The van der Waals surface area contributed by atoms with Crippen molar-refractivity contribution in [3.05, 3.63) is 53.3 Å². The van der Waals surface area contributed by atoms with Crippen molar-refractivity contribution < 1.29 is 21.2 Å². The molecule has 0 atom stereocenters. The first kappa shape index (κ1) is 22.2. The molecule has 0 spiro atoms. The van der Waals surface area contributed by atoms with E-state index in [0.717, 1.165) is 23.3 Å². The standard InChI is InChI=1S/C19H25FN2O4S2/c1-4-12-27(23,24)21-18-11-10-16(13-17(18)20)28(25,26)22-19-14(5-2)8-7-9-15(19)6-3/h7-11,13,21-22H,4-6,12H2,1-3H3. The summed E-state index contributed by atoms with van der Waals surface area (Å²) < 4.78 is 68.2. The van der Waals surface area contributed by atoms with Crippen molar-refractivity contribution in [1.82, 2.24) is 0 Å². The molecule has 2 aromatic carbocycles. The van der Waals surface area contributed by atoms with Gasteiger partial charge in [0.05, 0.1) is 22.0 Å². The van der Waals surface area contributed by atoms with Crippen molar-refractivity contribution >= 4 is 31.4 Å². The predicted octanol–water partition coefficient (Wildman–Crippen LogP) is 3.90. The lowest BCUT2D eigenvalue weighted by Gasteiger charge is -2.16. The van der Waals surface area contributed by atoms with Gasteiger partial charge in [0.1, 0.15) is 5.82 Å². The van der Waals surface area contributed by atoms with Crippen LogP contribution in [0.25, 0.3) is 0 Å². The largest absolute Gasteiger partial charge is 0.281 e. The van der Waals surface area contributed by atoms with Gasteiger partial charge in [0.15, 0.2) is 0 Å². The third-order valence-corrected chi connectivity index (χ3v) is 7.05. The molecule has 0 saturated carbocycles. The summed E-state index contributed by atoms with van der Waals surface area (Å²) in [5.74, 6) is -1.11. The van der Waals surface area contributed by atoms with E-state index in [1.54, 1.807) is 6.92 Å². The van der Waals surface area contributed by atoms with Gasteiger partial charge < -0.3 is 0 Å². The molecule has 0 saturated heterocycles. The highest BCUT2D eigenvalue weighted by Gasteiger charge is 2.20. The van der Waals surface area contributed by atoms with Crippen LogP contribution in [0.4, 0.5) is 15.8 Å². The quantitative estimate of drug-likeness (QED) is 0.633. The number of benzene rings is 2. The first-order valence-electron chi connectivity index (χ1n) is 9.07. The molecule has 0 bridgehead atoms. The summed E-state index contributed by atoms with van der Waals surface area (Å²) in [6, 6.07) is 8.64. The molecule has 2 rings (SSSR count). The van der Waals surface area contributed by atoms with Crippen LogP contribution in [0.2, 0.25) is 0 Å². The molecule has 154 valence electrons. The Bertz CT molecular complexity index is 1030. The highest BCUT2D eigenvalue weighted by Crippen LogP contribution is 2.27. The number of sulfonamides is 2. The van der Waals surface area contributed by atoms with E-state index in [1.807, 2.05) is 32.0 Å². The lowest BCUT2D eigenvalue weighted by atomic mass is 10.0. The van der Waals surface area contributed by atoms with Gasteiger partial charge in [-0.15, -0.1) is 0 Å². The Morgan fingerprint density at radius 1 is 0.893 bits per heavy atom. The van der Waals surface area contributed by atoms with Crippen LogP contribution in [0.15, 0.2) is 41.3 Å². The Balaban J connectivity index is 2.37. The lowest BCUT2D eigenvalue weighted by molar-refractivity contribution is 0.594. The smallest absolute Gasteiger partial charge is 0.262 e. The highest BCUT2D eigenvalue weighted by molar-refractivity contribution is 7.93. The van der Waals surface area contributed by atoms with E-state index < -0.39 is 25.9 Å². The van der Waals surface area contributed by atoms with E-state index in [2.05, 4.69) is 9.44 Å². The molecule has 2 N–H and O–H groups in total. The molecule has 2 aromatic rings. The van der Waals surface area contributed by atoms with Gasteiger partial charge in [0, 0.05) is 0 Å². The average Bonchev–Trinajstić information content (AvgIpc) is 2.63. The maximum absolute atomic E-state index is 14.4. The minimum atomic E-state index is -4.04. The van der Waals surface area contributed by atoms with E-state index in [9.17, 15) is 21.2 Å². The maximum Gasteiger partial charge on any atom is 0.262 e. The molecule has 0 aliphatic rings. The first-order valence-corrected chi connectivity index (χ1v) is 12.2. The zero-order valence-electron chi connectivity index (χ0n) is 16.1. The second-order valence-electron chi connectivity index (χ2n) is 6.33. The SMILES string of the molecule is CCCS(=O)(=O)Nc1ccc(S(=O)(=O)Nc2c(CC)cccc2CC)cc1F. The Morgan fingerprint density at radius 2 is 1.50 bits per heavy atom. The van der Waals surface area contributed by atoms with Crippen molar-refractivity contribution in [2.45, 2.75) is 44.9 Å². The number of halogens is 1. The van der Waals surface area contributed by atoms with Crippen molar-refractivity contribution in [3.63, 3.8) is 0 Å². The highest BCUT2D eigenvalue weighted by atomic mass is 32.2. The predicted molar refractivity (Wildman–Crippen MR) is 110 cm³/mol. The third-order valence-electron chi connectivity index (χ3n) is 4.22. The number of nitrogens with one attached hydrogen (secondary N) is 2. The zero-order chi connectivity index (χ0) is 20.9. The Hall–Kier alpha value is -2.13. The second kappa shape index (κ2) is 8.91.